The Kier molecular flexibility index (Phi) is 5.92. The van der Waals surface area contributed by atoms with Crippen molar-refractivity contribution in [3.63, 3.8) is 0 Å². The minimum atomic E-state index is -0.0189. The molecule has 1 heterocycles. The second-order valence-electron chi connectivity index (χ2n) is 8.61. The van der Waals surface area contributed by atoms with Crippen LogP contribution in [0.1, 0.15) is 27.0 Å². The Hall–Kier alpha value is -4.24. The van der Waals surface area contributed by atoms with Crippen molar-refractivity contribution < 1.29 is 4.79 Å². The molecule has 34 heavy (non-hydrogen) atoms. The molecule has 0 unspecified atom stereocenters. The quantitative estimate of drug-likeness (QED) is 0.264. The summed E-state index contributed by atoms with van der Waals surface area (Å²) in [6.45, 7) is 2.86. The Morgan fingerprint density at radius 3 is 2.29 bits per heavy atom. The Morgan fingerprint density at radius 2 is 1.53 bits per heavy atom. The van der Waals surface area contributed by atoms with Crippen LogP contribution < -0.4 is 4.90 Å². The van der Waals surface area contributed by atoms with Crippen LogP contribution in [-0.4, -0.2) is 17.8 Å². The molecule has 3 heteroatoms. The van der Waals surface area contributed by atoms with Gasteiger partial charge in [0.1, 0.15) is 0 Å². The van der Waals surface area contributed by atoms with Crippen LogP contribution in [-0.2, 0) is 6.54 Å². The summed E-state index contributed by atoms with van der Waals surface area (Å²) in [5.41, 5.74) is 7.58. The lowest BCUT2D eigenvalue weighted by molar-refractivity contribution is 0.103. The molecule has 4 aromatic carbocycles. The monoisotopic (exact) mass is 442 g/mol. The molecule has 0 saturated carbocycles. The fourth-order valence-electron chi connectivity index (χ4n) is 4.45. The second kappa shape index (κ2) is 9.32. The maximum atomic E-state index is 13.6. The van der Waals surface area contributed by atoms with Crippen molar-refractivity contribution in [2.45, 2.75) is 13.5 Å². The predicted octanol–water partition coefficient (Wildman–Crippen LogP) is 7.08. The fourth-order valence-corrected chi connectivity index (χ4v) is 4.45. The number of fused-ring (bicyclic) bond motifs is 1. The molecule has 5 aromatic rings. The Labute approximate surface area is 200 Å². The first-order valence-electron chi connectivity index (χ1n) is 11.5. The van der Waals surface area contributed by atoms with Crippen LogP contribution in [0.4, 0.5) is 5.69 Å². The number of rotatable bonds is 6. The average molecular weight is 443 g/mol. The number of para-hydroxylation sites is 1. The second-order valence-corrected chi connectivity index (χ2v) is 8.61. The van der Waals surface area contributed by atoms with Gasteiger partial charge >= 0.3 is 0 Å². The van der Waals surface area contributed by atoms with Crippen molar-refractivity contribution in [3.05, 3.63) is 132 Å². The highest BCUT2D eigenvalue weighted by Crippen LogP contribution is 2.35. The Morgan fingerprint density at radius 1 is 0.824 bits per heavy atom. The smallest absolute Gasteiger partial charge is 0.195 e. The third-order valence-electron chi connectivity index (χ3n) is 6.22. The zero-order valence-electron chi connectivity index (χ0n) is 19.4. The molecule has 166 valence electrons. The standard InChI is InChI=1S/C31H26N2O/c1-22-11-9-18-27-29(28(20-32-30(22)27)31(34)24-14-7-4-8-15-24)25-16-10-17-26(19-25)33(2)21-23-12-5-3-6-13-23/h3-20H,21H2,1-2H3. The molecular formula is C31H26N2O. The molecule has 0 radical (unpaired) electrons. The van der Waals surface area contributed by atoms with Crippen LogP contribution in [0.15, 0.2) is 109 Å². The van der Waals surface area contributed by atoms with E-state index in [1.807, 2.05) is 42.5 Å². The maximum absolute atomic E-state index is 13.6. The van der Waals surface area contributed by atoms with E-state index in [9.17, 15) is 4.79 Å². The number of aryl methyl sites for hydroxylation is 1. The van der Waals surface area contributed by atoms with Crippen molar-refractivity contribution in [1.82, 2.24) is 4.98 Å². The Bertz CT molecular complexity index is 1460. The lowest BCUT2D eigenvalue weighted by Crippen LogP contribution is -2.16. The average Bonchev–Trinajstić information content (AvgIpc) is 2.89. The van der Waals surface area contributed by atoms with E-state index in [0.717, 1.165) is 39.8 Å². The number of ketones is 1. The van der Waals surface area contributed by atoms with Crippen LogP contribution in [0, 0.1) is 6.92 Å². The summed E-state index contributed by atoms with van der Waals surface area (Å²) < 4.78 is 0. The van der Waals surface area contributed by atoms with Crippen molar-refractivity contribution in [2.75, 3.05) is 11.9 Å². The van der Waals surface area contributed by atoms with Gasteiger partial charge in [0.15, 0.2) is 5.78 Å². The summed E-state index contributed by atoms with van der Waals surface area (Å²) >= 11 is 0. The molecule has 1 aromatic heterocycles. The van der Waals surface area contributed by atoms with Gasteiger partial charge < -0.3 is 4.90 Å². The van der Waals surface area contributed by atoms with Crippen LogP contribution in [0.25, 0.3) is 22.0 Å². The zero-order valence-corrected chi connectivity index (χ0v) is 19.4. The number of nitrogens with zero attached hydrogens (tertiary/aromatic N) is 2. The first kappa shape index (κ1) is 21.6. The van der Waals surface area contributed by atoms with E-state index in [2.05, 4.69) is 79.5 Å². The fraction of sp³-hybridized carbons (Fsp3) is 0.0968. The van der Waals surface area contributed by atoms with Gasteiger partial charge in [0.25, 0.3) is 0 Å². The predicted molar refractivity (Wildman–Crippen MR) is 140 cm³/mol. The third-order valence-corrected chi connectivity index (χ3v) is 6.22. The van der Waals surface area contributed by atoms with Gasteiger partial charge in [-0.2, -0.15) is 0 Å². The highest BCUT2D eigenvalue weighted by Gasteiger charge is 2.19. The van der Waals surface area contributed by atoms with Gasteiger partial charge in [-0.05, 0) is 35.7 Å². The van der Waals surface area contributed by atoms with Gasteiger partial charge in [-0.1, -0.05) is 91.0 Å². The molecule has 5 rings (SSSR count). The SMILES string of the molecule is Cc1cccc2c(-c3cccc(N(C)Cc4ccccc4)c3)c(C(=O)c3ccccc3)cnc12. The number of hydrogen-bond acceptors (Lipinski definition) is 3. The molecule has 0 amide bonds. The number of anilines is 1. The highest BCUT2D eigenvalue weighted by atomic mass is 16.1. The van der Waals surface area contributed by atoms with Crippen LogP contribution in [0.3, 0.4) is 0 Å². The zero-order chi connectivity index (χ0) is 23.5. The van der Waals surface area contributed by atoms with Crippen LogP contribution in [0.5, 0.6) is 0 Å². The van der Waals surface area contributed by atoms with Gasteiger partial charge in [-0.15, -0.1) is 0 Å². The third kappa shape index (κ3) is 4.20. The molecule has 0 fully saturated rings. The van der Waals surface area contributed by atoms with Crippen molar-refractivity contribution >= 4 is 22.4 Å². The molecule has 0 N–H and O–H groups in total. The lowest BCUT2D eigenvalue weighted by Gasteiger charge is -2.21. The number of carbonyl (C=O) groups is 1. The van der Waals surface area contributed by atoms with E-state index in [4.69, 9.17) is 4.98 Å². The molecular weight excluding hydrogens is 416 g/mol. The van der Waals surface area contributed by atoms with Crippen molar-refractivity contribution in [1.29, 1.82) is 0 Å². The molecule has 0 spiro atoms. The molecule has 0 aliphatic carbocycles. The minimum absolute atomic E-state index is 0.0189. The van der Waals surface area contributed by atoms with E-state index in [1.54, 1.807) is 6.20 Å². The molecule has 0 aliphatic rings. The van der Waals surface area contributed by atoms with Gasteiger partial charge in [0.05, 0.1) is 5.52 Å². The van der Waals surface area contributed by atoms with Crippen molar-refractivity contribution in [2.24, 2.45) is 0 Å². The van der Waals surface area contributed by atoms with Gasteiger partial charge in [0, 0.05) is 47.6 Å². The molecule has 3 nitrogen and oxygen atoms in total. The number of benzene rings is 4. The van der Waals surface area contributed by atoms with Gasteiger partial charge in [0.2, 0.25) is 0 Å². The number of aromatic nitrogens is 1. The van der Waals surface area contributed by atoms with E-state index < -0.39 is 0 Å². The summed E-state index contributed by atoms with van der Waals surface area (Å²) in [5.74, 6) is -0.0189. The first-order chi connectivity index (χ1) is 16.6. The van der Waals surface area contributed by atoms with E-state index in [-0.39, 0.29) is 5.78 Å². The molecule has 0 aliphatic heterocycles. The van der Waals surface area contributed by atoms with E-state index >= 15 is 0 Å². The summed E-state index contributed by atoms with van der Waals surface area (Å²) in [4.78, 5) is 20.5. The first-order valence-corrected chi connectivity index (χ1v) is 11.5. The van der Waals surface area contributed by atoms with E-state index in [1.165, 1.54) is 5.56 Å². The van der Waals surface area contributed by atoms with Gasteiger partial charge in [-0.3, -0.25) is 9.78 Å². The summed E-state index contributed by atoms with van der Waals surface area (Å²) in [5, 5.41) is 0.990. The van der Waals surface area contributed by atoms with Gasteiger partial charge in [-0.25, -0.2) is 0 Å². The molecule has 0 atom stereocenters. The largest absolute Gasteiger partial charge is 0.370 e. The summed E-state index contributed by atoms with van der Waals surface area (Å²) in [6.07, 6.45) is 1.74. The molecule has 0 bridgehead atoms. The topological polar surface area (TPSA) is 33.2 Å². The minimum Gasteiger partial charge on any atom is -0.370 e. The number of pyridine rings is 1. The summed E-state index contributed by atoms with van der Waals surface area (Å²) in [6, 6.07) is 34.4. The van der Waals surface area contributed by atoms with Crippen molar-refractivity contribution in [3.8, 4) is 11.1 Å². The molecule has 0 saturated heterocycles. The number of carbonyl (C=O) groups excluding carboxylic acids is 1. The summed E-state index contributed by atoms with van der Waals surface area (Å²) in [7, 11) is 2.09. The van der Waals surface area contributed by atoms with Crippen LogP contribution >= 0.6 is 0 Å². The van der Waals surface area contributed by atoms with Crippen LogP contribution in [0.2, 0.25) is 0 Å². The normalized spacial score (nSPS) is 10.9. The maximum Gasteiger partial charge on any atom is 0.195 e. The number of hydrogen-bond donors (Lipinski definition) is 0. The Balaban J connectivity index is 1.65. The highest BCUT2D eigenvalue weighted by molar-refractivity contribution is 6.16. The lowest BCUT2D eigenvalue weighted by atomic mass is 9.91. The van der Waals surface area contributed by atoms with E-state index in [0.29, 0.717) is 11.1 Å².